The van der Waals surface area contributed by atoms with E-state index in [1.54, 1.807) is 16.9 Å². The third-order valence-electron chi connectivity index (χ3n) is 12.7. The highest BCUT2D eigenvalue weighted by Crippen LogP contribution is 2.60. The second-order valence-corrected chi connectivity index (χ2v) is 22.3. The molecular weight excluding hydrogens is 849 g/mol. The molecule has 1 fully saturated rings. The number of amides is 3. The van der Waals surface area contributed by atoms with E-state index < -0.39 is 19.8 Å². The quantitative estimate of drug-likeness (QED) is 0.0947. The van der Waals surface area contributed by atoms with E-state index in [-0.39, 0.29) is 61.7 Å². The van der Waals surface area contributed by atoms with Crippen molar-refractivity contribution in [2.45, 2.75) is 63.2 Å². The largest absolute Gasteiger partial charge is 0.497 e. The summed E-state index contributed by atoms with van der Waals surface area (Å²) >= 11 is 3.70. The fourth-order valence-corrected chi connectivity index (χ4v) is 14.1. The van der Waals surface area contributed by atoms with Crippen LogP contribution in [0.4, 0.5) is 11.4 Å². The van der Waals surface area contributed by atoms with Gasteiger partial charge in [0.2, 0.25) is 11.8 Å². The van der Waals surface area contributed by atoms with Gasteiger partial charge in [-0.1, -0.05) is 114 Å². The zero-order valence-electron chi connectivity index (χ0n) is 34.9. The van der Waals surface area contributed by atoms with Crippen LogP contribution in [0.25, 0.3) is 10.9 Å². The Morgan fingerprint density at radius 2 is 1.69 bits per heavy atom. The number of nitrogens with one attached hydrogen (secondary N) is 2. The Bertz CT molecular complexity index is 2560. The number of rotatable bonds is 14. The topological polar surface area (TPSA) is 124 Å². The first-order chi connectivity index (χ1) is 29.4. The summed E-state index contributed by atoms with van der Waals surface area (Å²) in [6.45, 7) is 7.29. The fraction of sp³-hybridized carbons (Fsp3) is 0.286. The molecule has 10 nitrogen and oxygen atoms in total. The zero-order valence-corrected chi connectivity index (χ0v) is 37.4. The highest BCUT2D eigenvalue weighted by atomic mass is 79.9. The van der Waals surface area contributed by atoms with Crippen LogP contribution >= 0.6 is 15.9 Å². The summed E-state index contributed by atoms with van der Waals surface area (Å²) in [7, 11) is -0.896. The molecule has 314 valence electrons. The zero-order chi connectivity index (χ0) is 42.9. The number of carbonyl (C=O) groups is 3. The van der Waals surface area contributed by atoms with Gasteiger partial charge in [0.1, 0.15) is 5.75 Å². The van der Waals surface area contributed by atoms with Gasteiger partial charge in [-0.2, -0.15) is 0 Å². The lowest BCUT2D eigenvalue weighted by molar-refractivity contribution is -0.150. The highest BCUT2D eigenvalue weighted by Gasteiger charge is 2.66. The summed E-state index contributed by atoms with van der Waals surface area (Å²) in [5.74, 6) is -0.0329. The molecule has 2 aliphatic rings. The van der Waals surface area contributed by atoms with Crippen LogP contribution in [0.15, 0.2) is 132 Å². The molecule has 3 heterocycles. The van der Waals surface area contributed by atoms with Crippen molar-refractivity contribution in [2.75, 3.05) is 30.5 Å². The van der Waals surface area contributed by atoms with E-state index in [0.29, 0.717) is 12.2 Å². The number of H-pyrrole nitrogens is 1. The number of hydrogen-bond donors (Lipinski definition) is 3. The van der Waals surface area contributed by atoms with Gasteiger partial charge >= 0.3 is 0 Å². The van der Waals surface area contributed by atoms with Gasteiger partial charge in [0, 0.05) is 51.8 Å². The molecule has 3 N–H and O–H groups in total. The summed E-state index contributed by atoms with van der Waals surface area (Å²) in [6.07, 6.45) is 1.53. The first-order valence-electron chi connectivity index (χ1n) is 20.7. The molecule has 3 amide bonds. The number of hydrogen-bond acceptors (Lipinski definition) is 6. The van der Waals surface area contributed by atoms with Gasteiger partial charge in [-0.3, -0.25) is 14.4 Å². The molecule has 1 spiro atoms. The lowest BCUT2D eigenvalue weighted by Crippen LogP contribution is -2.52. The van der Waals surface area contributed by atoms with Crippen LogP contribution in [0.3, 0.4) is 0 Å². The molecule has 2 aliphatic heterocycles. The molecule has 0 aliphatic carbocycles. The number of aliphatic hydroxyl groups excluding tert-OH is 1. The van der Waals surface area contributed by atoms with E-state index in [9.17, 15) is 14.7 Å². The van der Waals surface area contributed by atoms with Gasteiger partial charge in [0.25, 0.3) is 5.91 Å². The average molecular weight is 900 g/mol. The minimum Gasteiger partial charge on any atom is -0.497 e. The van der Waals surface area contributed by atoms with Crippen molar-refractivity contribution >= 4 is 69.2 Å². The molecule has 4 atom stereocenters. The number of anilines is 2. The number of nitrogens with zero attached hydrogens (tertiary/aromatic N) is 2. The monoisotopic (exact) mass is 898 g/mol. The van der Waals surface area contributed by atoms with Crippen molar-refractivity contribution in [3.05, 3.63) is 154 Å². The van der Waals surface area contributed by atoms with Crippen LogP contribution in [-0.2, 0) is 44.2 Å². The molecule has 0 unspecified atom stereocenters. The van der Waals surface area contributed by atoms with E-state index in [1.165, 1.54) is 5.19 Å². The SMILES string of the molecule is COc1ccc([Si](C)(C)[C@@H]2[C@@H](CC(=O)N(CCO)Cc3ccccc3)O[C@]3(C(=O)N(Cc4cccc(NC(=O)Cc5c[nH]c6ccccc56)c4)c4ccc(Br)cc43)[C@H]2C)cc1. The molecule has 0 saturated carbocycles. The van der Waals surface area contributed by atoms with Crippen molar-refractivity contribution in [2.24, 2.45) is 5.92 Å². The molecule has 0 bridgehead atoms. The number of aliphatic hydroxyl groups is 1. The summed E-state index contributed by atoms with van der Waals surface area (Å²) in [5, 5.41) is 15.3. The van der Waals surface area contributed by atoms with Crippen LogP contribution < -0.4 is 20.1 Å². The Morgan fingerprint density at radius 3 is 2.44 bits per heavy atom. The third-order valence-corrected chi connectivity index (χ3v) is 17.5. The van der Waals surface area contributed by atoms with Crippen molar-refractivity contribution < 1.29 is 29.0 Å². The normalized spacial score (nSPS) is 19.7. The molecule has 1 saturated heterocycles. The molecule has 61 heavy (non-hydrogen) atoms. The third kappa shape index (κ3) is 8.17. The Balaban J connectivity index is 1.11. The summed E-state index contributed by atoms with van der Waals surface area (Å²) in [6, 6.07) is 39.3. The van der Waals surface area contributed by atoms with Crippen molar-refractivity contribution in [1.82, 2.24) is 9.88 Å². The van der Waals surface area contributed by atoms with Gasteiger partial charge in [-0.25, -0.2) is 0 Å². The number of aromatic amines is 1. The molecule has 8 rings (SSSR count). The Hall–Kier alpha value is -5.53. The maximum Gasteiger partial charge on any atom is 0.264 e. The standard InChI is InChI=1S/C49H51BrN4O6Si/c1-32-47(61(3,4)39-20-18-38(59-2)19-21-39)44(28-46(57)53(23-24-55)30-33-11-6-5-7-12-33)60-49(32)41-27-36(50)17-22-43(41)54(48(49)58)31-34-13-10-14-37(25-34)52-45(56)26-35-29-51-42-16-9-8-15-40(35)42/h5-22,25,27,29,32,44,47,51,55H,23-24,26,28,30-31H2,1-4H3,(H,52,56)/t32-,44+,47-,49+/m0/s1. The smallest absolute Gasteiger partial charge is 0.264 e. The van der Waals surface area contributed by atoms with Crippen molar-refractivity contribution in [1.29, 1.82) is 0 Å². The molecule has 0 radical (unpaired) electrons. The van der Waals surface area contributed by atoms with Gasteiger partial charge < -0.3 is 34.7 Å². The molecular formula is C49H51BrN4O6Si. The first kappa shape index (κ1) is 42.2. The maximum absolute atomic E-state index is 15.4. The second-order valence-electron chi connectivity index (χ2n) is 16.7. The average Bonchev–Trinajstić information content (AvgIpc) is 3.87. The maximum atomic E-state index is 15.4. The molecule has 5 aromatic carbocycles. The Morgan fingerprint density at radius 1 is 0.951 bits per heavy atom. The van der Waals surface area contributed by atoms with Crippen LogP contribution in [-0.4, -0.2) is 67.2 Å². The van der Waals surface area contributed by atoms with E-state index >= 15 is 4.79 Å². The van der Waals surface area contributed by atoms with Crippen LogP contribution in [0.2, 0.25) is 18.6 Å². The molecule has 1 aromatic heterocycles. The Kier molecular flexibility index (Phi) is 12.1. The van der Waals surface area contributed by atoms with Crippen LogP contribution in [0.5, 0.6) is 5.75 Å². The summed E-state index contributed by atoms with van der Waals surface area (Å²) < 4.78 is 13.6. The van der Waals surface area contributed by atoms with Crippen molar-refractivity contribution in [3.8, 4) is 5.75 Å². The van der Waals surface area contributed by atoms with E-state index in [4.69, 9.17) is 9.47 Å². The van der Waals surface area contributed by atoms with Gasteiger partial charge in [-0.05, 0) is 70.8 Å². The number of para-hydroxylation sites is 1. The number of fused-ring (bicyclic) bond motifs is 3. The first-order valence-corrected chi connectivity index (χ1v) is 24.6. The lowest BCUT2D eigenvalue weighted by Gasteiger charge is -2.37. The van der Waals surface area contributed by atoms with Crippen molar-refractivity contribution in [3.63, 3.8) is 0 Å². The number of aromatic nitrogens is 1. The van der Waals surface area contributed by atoms with E-state index in [2.05, 4.69) is 58.4 Å². The minimum atomic E-state index is -2.54. The lowest BCUT2D eigenvalue weighted by atomic mass is 9.82. The number of halogens is 1. The summed E-state index contributed by atoms with van der Waals surface area (Å²) in [4.78, 5) is 49.9. The van der Waals surface area contributed by atoms with E-state index in [0.717, 1.165) is 49.1 Å². The Labute approximate surface area is 366 Å². The number of ether oxygens (including phenoxy) is 2. The van der Waals surface area contributed by atoms with Gasteiger partial charge in [0.15, 0.2) is 5.60 Å². The number of benzene rings is 5. The minimum absolute atomic E-state index is 0.0487. The van der Waals surface area contributed by atoms with Crippen LogP contribution in [0.1, 0.15) is 35.6 Å². The second kappa shape index (κ2) is 17.4. The van der Waals surface area contributed by atoms with Gasteiger partial charge in [0.05, 0.1) is 53.0 Å². The van der Waals surface area contributed by atoms with E-state index in [1.807, 2.05) is 115 Å². The summed E-state index contributed by atoms with van der Waals surface area (Å²) in [5.41, 5.74) is 4.31. The van der Waals surface area contributed by atoms with Gasteiger partial charge in [-0.15, -0.1) is 0 Å². The molecule has 12 heteroatoms. The molecule has 6 aromatic rings. The highest BCUT2D eigenvalue weighted by molar-refractivity contribution is 9.10. The fourth-order valence-electron chi connectivity index (χ4n) is 9.75. The predicted molar refractivity (Wildman–Crippen MR) is 246 cm³/mol. The number of carbonyl (C=O) groups excluding carboxylic acids is 3. The van der Waals surface area contributed by atoms with Crippen LogP contribution in [0, 0.1) is 5.92 Å². The predicted octanol–water partition coefficient (Wildman–Crippen LogP) is 8.29. The number of methoxy groups -OCH3 is 1.